The molecule has 0 aromatic heterocycles. The van der Waals surface area contributed by atoms with Crippen LogP contribution in [0.2, 0.25) is 5.02 Å². The van der Waals surface area contributed by atoms with E-state index in [0.717, 1.165) is 21.3 Å². The minimum absolute atomic E-state index is 0.0519. The summed E-state index contributed by atoms with van der Waals surface area (Å²) in [5.41, 5.74) is 2.78. The molecule has 2 nitrogen and oxygen atoms in total. The van der Waals surface area contributed by atoms with Gasteiger partial charge in [-0.25, -0.2) is 0 Å². The van der Waals surface area contributed by atoms with E-state index in [1.165, 1.54) is 0 Å². The Morgan fingerprint density at radius 2 is 2.05 bits per heavy atom. The summed E-state index contributed by atoms with van der Waals surface area (Å²) in [6.45, 7) is 1.98. The second kappa shape index (κ2) is 6.22. The molecule has 0 aliphatic carbocycles. The number of carbonyl (C=O) groups excluding carboxylic acids is 1. The Balaban J connectivity index is 2.03. The summed E-state index contributed by atoms with van der Waals surface area (Å²) in [4.78, 5) is 11.9. The summed E-state index contributed by atoms with van der Waals surface area (Å²) in [6, 6.07) is 13.0. The van der Waals surface area contributed by atoms with Crippen molar-refractivity contribution < 1.29 is 4.79 Å². The van der Waals surface area contributed by atoms with Gasteiger partial charge in [-0.15, -0.1) is 0 Å². The van der Waals surface area contributed by atoms with Crippen LogP contribution in [0.15, 0.2) is 46.9 Å². The molecule has 2 aromatic carbocycles. The van der Waals surface area contributed by atoms with Crippen molar-refractivity contribution in [1.29, 1.82) is 0 Å². The quantitative estimate of drug-likeness (QED) is 0.871. The number of nitrogens with one attached hydrogen (secondary N) is 1. The summed E-state index contributed by atoms with van der Waals surface area (Å²) >= 11 is 9.32. The van der Waals surface area contributed by atoms with Crippen LogP contribution in [0.1, 0.15) is 11.1 Å². The molecule has 0 aliphatic heterocycles. The molecule has 2 aromatic rings. The molecule has 0 fully saturated rings. The third-order valence-corrected chi connectivity index (χ3v) is 3.82. The smallest absolute Gasteiger partial charge is 0.228 e. The standard InChI is InChI=1S/C15H13BrClNO/c1-10-7-13(5-6-14(10)16)18-15(19)9-11-3-2-4-12(17)8-11/h2-8H,9H2,1H3,(H,18,19). The third kappa shape index (κ3) is 4.08. The molecule has 0 unspecified atom stereocenters. The van der Waals surface area contributed by atoms with Crippen LogP contribution >= 0.6 is 27.5 Å². The molecule has 2 rings (SSSR count). The molecule has 19 heavy (non-hydrogen) atoms. The second-order valence-corrected chi connectivity index (χ2v) is 5.61. The van der Waals surface area contributed by atoms with Gasteiger partial charge in [-0.2, -0.15) is 0 Å². The number of amides is 1. The molecule has 0 radical (unpaired) electrons. The Bertz CT molecular complexity index is 613. The van der Waals surface area contributed by atoms with E-state index in [-0.39, 0.29) is 5.91 Å². The zero-order valence-corrected chi connectivity index (χ0v) is 12.8. The highest BCUT2D eigenvalue weighted by molar-refractivity contribution is 9.10. The van der Waals surface area contributed by atoms with Crippen molar-refractivity contribution in [3.63, 3.8) is 0 Å². The summed E-state index contributed by atoms with van der Waals surface area (Å²) < 4.78 is 1.03. The lowest BCUT2D eigenvalue weighted by molar-refractivity contribution is -0.115. The molecule has 0 aliphatic rings. The number of benzene rings is 2. The van der Waals surface area contributed by atoms with E-state index >= 15 is 0 Å². The van der Waals surface area contributed by atoms with E-state index in [2.05, 4.69) is 21.2 Å². The average Bonchev–Trinajstić information content (AvgIpc) is 2.34. The van der Waals surface area contributed by atoms with Crippen molar-refractivity contribution in [2.75, 3.05) is 5.32 Å². The fourth-order valence-corrected chi connectivity index (χ4v) is 2.22. The predicted molar refractivity (Wildman–Crippen MR) is 82.7 cm³/mol. The number of carbonyl (C=O) groups is 1. The molecule has 0 saturated heterocycles. The van der Waals surface area contributed by atoms with Crippen molar-refractivity contribution in [3.8, 4) is 0 Å². The number of anilines is 1. The van der Waals surface area contributed by atoms with Gasteiger partial charge in [-0.1, -0.05) is 39.7 Å². The molecule has 0 spiro atoms. The van der Waals surface area contributed by atoms with Crippen molar-refractivity contribution in [2.45, 2.75) is 13.3 Å². The zero-order valence-electron chi connectivity index (χ0n) is 10.4. The molecular weight excluding hydrogens is 326 g/mol. The number of hydrogen-bond donors (Lipinski definition) is 1. The van der Waals surface area contributed by atoms with Crippen molar-refractivity contribution >= 4 is 39.1 Å². The first-order chi connectivity index (χ1) is 9.04. The zero-order chi connectivity index (χ0) is 13.8. The monoisotopic (exact) mass is 337 g/mol. The first-order valence-corrected chi connectivity index (χ1v) is 7.02. The summed E-state index contributed by atoms with van der Waals surface area (Å²) in [6.07, 6.45) is 0.315. The second-order valence-electron chi connectivity index (χ2n) is 4.32. The van der Waals surface area contributed by atoms with Gasteiger partial charge in [-0.05, 0) is 48.4 Å². The van der Waals surface area contributed by atoms with Crippen LogP contribution in [-0.2, 0) is 11.2 Å². The van der Waals surface area contributed by atoms with Crippen molar-refractivity contribution in [1.82, 2.24) is 0 Å². The number of aryl methyl sites for hydroxylation is 1. The van der Waals surface area contributed by atoms with Gasteiger partial charge in [0.25, 0.3) is 0 Å². The SMILES string of the molecule is Cc1cc(NC(=O)Cc2cccc(Cl)c2)ccc1Br. The van der Waals surface area contributed by atoms with Gasteiger partial charge in [-0.3, -0.25) is 4.79 Å². The number of halogens is 2. The summed E-state index contributed by atoms with van der Waals surface area (Å²) in [7, 11) is 0. The Morgan fingerprint density at radius 3 is 2.74 bits per heavy atom. The molecule has 0 heterocycles. The van der Waals surface area contributed by atoms with E-state index in [0.29, 0.717) is 11.4 Å². The van der Waals surface area contributed by atoms with E-state index < -0.39 is 0 Å². The van der Waals surface area contributed by atoms with Crippen LogP contribution in [0, 0.1) is 6.92 Å². The Hall–Kier alpha value is -1.32. The van der Waals surface area contributed by atoms with Crippen LogP contribution < -0.4 is 5.32 Å². The van der Waals surface area contributed by atoms with Gasteiger partial charge in [0.1, 0.15) is 0 Å². The summed E-state index contributed by atoms with van der Waals surface area (Å²) in [5, 5.41) is 3.52. The maximum atomic E-state index is 11.9. The topological polar surface area (TPSA) is 29.1 Å². The molecule has 4 heteroatoms. The van der Waals surface area contributed by atoms with Gasteiger partial charge in [0.05, 0.1) is 6.42 Å². The lowest BCUT2D eigenvalue weighted by atomic mass is 10.1. The molecule has 0 bridgehead atoms. The van der Waals surface area contributed by atoms with Crippen LogP contribution in [0.4, 0.5) is 5.69 Å². The molecule has 1 amide bonds. The first-order valence-electron chi connectivity index (χ1n) is 5.85. The van der Waals surface area contributed by atoms with E-state index in [1.54, 1.807) is 12.1 Å². The highest BCUT2D eigenvalue weighted by Crippen LogP contribution is 2.20. The summed E-state index contributed by atoms with van der Waals surface area (Å²) in [5.74, 6) is -0.0519. The minimum atomic E-state index is -0.0519. The maximum absolute atomic E-state index is 11.9. The molecule has 0 atom stereocenters. The van der Waals surface area contributed by atoms with Crippen LogP contribution in [0.25, 0.3) is 0 Å². The largest absolute Gasteiger partial charge is 0.326 e. The highest BCUT2D eigenvalue weighted by atomic mass is 79.9. The predicted octanol–water partition coefficient (Wildman–Crippen LogP) is 4.59. The highest BCUT2D eigenvalue weighted by Gasteiger charge is 2.05. The molecule has 1 N–H and O–H groups in total. The van der Waals surface area contributed by atoms with Crippen LogP contribution in [0.5, 0.6) is 0 Å². The normalized spacial score (nSPS) is 10.3. The fraction of sp³-hybridized carbons (Fsp3) is 0.133. The van der Waals surface area contributed by atoms with E-state index in [4.69, 9.17) is 11.6 Å². The minimum Gasteiger partial charge on any atom is -0.326 e. The molecule has 0 saturated carbocycles. The Labute approximate surface area is 125 Å². The van der Waals surface area contributed by atoms with Gasteiger partial charge in [0.2, 0.25) is 5.91 Å². The lowest BCUT2D eigenvalue weighted by Gasteiger charge is -2.07. The van der Waals surface area contributed by atoms with Gasteiger partial charge < -0.3 is 5.32 Å². The van der Waals surface area contributed by atoms with Gasteiger partial charge in [0, 0.05) is 15.2 Å². The number of hydrogen-bond acceptors (Lipinski definition) is 1. The van der Waals surface area contributed by atoms with E-state index in [1.807, 2.05) is 37.3 Å². The van der Waals surface area contributed by atoms with E-state index in [9.17, 15) is 4.79 Å². The van der Waals surface area contributed by atoms with Gasteiger partial charge >= 0.3 is 0 Å². The first kappa shape index (κ1) is 14.1. The van der Waals surface area contributed by atoms with Crippen molar-refractivity contribution in [2.24, 2.45) is 0 Å². The Morgan fingerprint density at radius 1 is 1.26 bits per heavy atom. The Kier molecular flexibility index (Phi) is 4.61. The average molecular weight is 339 g/mol. The van der Waals surface area contributed by atoms with Crippen molar-refractivity contribution in [3.05, 3.63) is 63.1 Å². The third-order valence-electron chi connectivity index (χ3n) is 2.70. The van der Waals surface area contributed by atoms with Crippen LogP contribution in [0.3, 0.4) is 0 Å². The lowest BCUT2D eigenvalue weighted by Crippen LogP contribution is -2.14. The van der Waals surface area contributed by atoms with Crippen LogP contribution in [-0.4, -0.2) is 5.91 Å². The fourth-order valence-electron chi connectivity index (χ4n) is 1.76. The molecule has 98 valence electrons. The van der Waals surface area contributed by atoms with Gasteiger partial charge in [0.15, 0.2) is 0 Å². The number of rotatable bonds is 3. The maximum Gasteiger partial charge on any atom is 0.228 e. The molecular formula is C15H13BrClNO.